The van der Waals surface area contributed by atoms with E-state index >= 15 is 0 Å². The van der Waals surface area contributed by atoms with Crippen LogP contribution in [0.25, 0.3) is 5.69 Å². The van der Waals surface area contributed by atoms with E-state index in [1.807, 2.05) is 6.07 Å². The molecule has 0 radical (unpaired) electrons. The predicted molar refractivity (Wildman–Crippen MR) is 184 cm³/mol. The van der Waals surface area contributed by atoms with Crippen molar-refractivity contribution in [3.05, 3.63) is 186 Å². The third-order valence-electron chi connectivity index (χ3n) is 7.61. The summed E-state index contributed by atoms with van der Waals surface area (Å²) in [6.07, 6.45) is -3.30. The first kappa shape index (κ1) is 34.0. The summed E-state index contributed by atoms with van der Waals surface area (Å²) >= 11 is 0. The van der Waals surface area contributed by atoms with Crippen LogP contribution in [0.2, 0.25) is 0 Å². The fourth-order valence-electron chi connectivity index (χ4n) is 5.03. The highest BCUT2D eigenvalue weighted by atomic mass is 16.6. The van der Waals surface area contributed by atoms with Gasteiger partial charge in [0.2, 0.25) is 0 Å². The van der Waals surface area contributed by atoms with Crippen LogP contribution in [0.15, 0.2) is 158 Å². The summed E-state index contributed by atoms with van der Waals surface area (Å²) in [5.41, 5.74) is 1.43. The van der Waals surface area contributed by atoms with Crippen LogP contribution in [0.4, 0.5) is 0 Å². The number of hydrogen-bond donors (Lipinski definition) is 0. The minimum Gasteiger partial charge on any atom is -0.458 e. The second-order valence-corrected chi connectivity index (χ2v) is 11.1. The van der Waals surface area contributed by atoms with Crippen molar-refractivity contribution in [1.82, 2.24) is 15.0 Å². The molecule has 0 bridgehead atoms. The molecule has 0 aliphatic heterocycles. The Labute approximate surface area is 293 Å². The van der Waals surface area contributed by atoms with Crippen LogP contribution in [0, 0.1) is 0 Å². The van der Waals surface area contributed by atoms with Crippen molar-refractivity contribution in [2.75, 3.05) is 6.61 Å². The quantitative estimate of drug-likeness (QED) is 0.0985. The van der Waals surface area contributed by atoms with Crippen LogP contribution in [0.3, 0.4) is 0 Å². The number of carbonyl (C=O) groups excluding carboxylic acids is 4. The molecule has 0 saturated carbocycles. The zero-order chi connectivity index (χ0) is 35.4. The van der Waals surface area contributed by atoms with E-state index in [0.29, 0.717) is 5.69 Å². The molecule has 0 aliphatic rings. The van der Waals surface area contributed by atoms with Crippen molar-refractivity contribution < 1.29 is 38.1 Å². The van der Waals surface area contributed by atoms with Crippen molar-refractivity contribution in [2.45, 2.75) is 18.3 Å². The van der Waals surface area contributed by atoms with Crippen LogP contribution in [-0.2, 0) is 18.9 Å². The van der Waals surface area contributed by atoms with Gasteiger partial charge >= 0.3 is 23.9 Å². The fraction of sp³-hybridized carbons (Fsp3) is 0.100. The van der Waals surface area contributed by atoms with Crippen LogP contribution in [0.1, 0.15) is 53.2 Å². The molecule has 1 aromatic heterocycles. The monoisotopic (exact) mass is 681 g/mol. The lowest BCUT2D eigenvalue weighted by Gasteiger charge is -2.31. The summed E-state index contributed by atoms with van der Waals surface area (Å²) < 4.78 is 23.8. The van der Waals surface area contributed by atoms with Crippen molar-refractivity contribution >= 4 is 23.9 Å². The smallest absolute Gasteiger partial charge is 0.338 e. The zero-order valence-electron chi connectivity index (χ0n) is 27.1. The number of ether oxygens (including phenoxy) is 4. The van der Waals surface area contributed by atoms with E-state index in [-0.39, 0.29) is 27.9 Å². The van der Waals surface area contributed by atoms with Gasteiger partial charge in [-0.2, -0.15) is 9.90 Å². The molecule has 6 rings (SSSR count). The highest BCUT2D eigenvalue weighted by Gasteiger charge is 2.42. The van der Waals surface area contributed by atoms with Gasteiger partial charge in [-0.05, 0) is 60.7 Å². The van der Waals surface area contributed by atoms with Crippen LogP contribution < -0.4 is 0 Å². The number of para-hydroxylation sites is 1. The Kier molecular flexibility index (Phi) is 11.0. The molecule has 0 spiro atoms. The molecule has 6 aromatic rings. The summed E-state index contributed by atoms with van der Waals surface area (Å²) in [5, 5.41) is 8.95. The van der Waals surface area contributed by atoms with E-state index < -0.39 is 48.8 Å². The van der Waals surface area contributed by atoms with Crippen molar-refractivity contribution in [2.24, 2.45) is 0 Å². The highest BCUT2D eigenvalue weighted by molar-refractivity contribution is 5.91. The largest absolute Gasteiger partial charge is 0.458 e. The minimum absolute atomic E-state index is 0.0594. The van der Waals surface area contributed by atoms with Crippen molar-refractivity contribution in [3.63, 3.8) is 0 Å². The van der Waals surface area contributed by atoms with E-state index in [2.05, 4.69) is 10.2 Å². The Morgan fingerprint density at radius 1 is 0.510 bits per heavy atom. The van der Waals surface area contributed by atoms with Gasteiger partial charge in [0.15, 0.2) is 18.3 Å². The van der Waals surface area contributed by atoms with Gasteiger partial charge < -0.3 is 18.9 Å². The fourth-order valence-corrected chi connectivity index (χ4v) is 5.03. The number of esters is 4. The van der Waals surface area contributed by atoms with E-state index in [1.165, 1.54) is 23.1 Å². The number of carbonyl (C=O) groups is 4. The molecule has 0 unspecified atom stereocenters. The maximum atomic E-state index is 13.7. The Balaban J connectivity index is 1.44. The van der Waals surface area contributed by atoms with Crippen molar-refractivity contribution in [1.29, 1.82) is 0 Å². The molecule has 0 amide bonds. The van der Waals surface area contributed by atoms with Gasteiger partial charge in [-0.15, -0.1) is 5.10 Å². The Hall–Kier alpha value is -6.88. The molecule has 5 aromatic carbocycles. The normalized spacial score (nSPS) is 12.5. The number of nitrogens with zero attached hydrogens (tertiary/aromatic N) is 3. The number of hydrogen-bond acceptors (Lipinski definition) is 10. The van der Waals surface area contributed by atoms with Gasteiger partial charge in [-0.1, -0.05) is 91.0 Å². The predicted octanol–water partition coefficient (Wildman–Crippen LogP) is 6.47. The second kappa shape index (κ2) is 16.5. The first-order chi connectivity index (χ1) is 25.0. The average Bonchev–Trinajstić information content (AvgIpc) is 3.69. The van der Waals surface area contributed by atoms with E-state index in [9.17, 15) is 19.2 Å². The number of rotatable bonds is 13. The lowest BCUT2D eigenvalue weighted by atomic mass is 10.0. The third-order valence-corrected chi connectivity index (χ3v) is 7.61. The summed E-state index contributed by atoms with van der Waals surface area (Å²) in [6, 6.07) is 41.6. The molecule has 0 saturated heterocycles. The van der Waals surface area contributed by atoms with Crippen LogP contribution in [0.5, 0.6) is 0 Å². The average molecular weight is 682 g/mol. The van der Waals surface area contributed by atoms with Gasteiger partial charge in [0, 0.05) is 0 Å². The van der Waals surface area contributed by atoms with Crippen LogP contribution in [-0.4, -0.2) is 57.7 Å². The number of aromatic nitrogens is 3. The Bertz CT molecular complexity index is 2060. The summed E-state index contributed by atoms with van der Waals surface area (Å²) in [6.45, 7) is -0.592. The maximum Gasteiger partial charge on any atom is 0.338 e. The SMILES string of the molecule is O=C(OC[C@H](OC(=O)c1ccccc1)[C@H](OC(=O)c1ccccc1)[C@H](OC(=O)c1ccccc1)c1cnn(-c2ccccc2)n1)c1ccccc1. The highest BCUT2D eigenvalue weighted by Crippen LogP contribution is 2.30. The lowest BCUT2D eigenvalue weighted by Crippen LogP contribution is -2.44. The van der Waals surface area contributed by atoms with E-state index in [1.54, 1.807) is 133 Å². The molecule has 3 atom stereocenters. The third kappa shape index (κ3) is 8.78. The van der Waals surface area contributed by atoms with E-state index in [0.717, 1.165) is 0 Å². The lowest BCUT2D eigenvalue weighted by molar-refractivity contribution is -0.104. The molecule has 0 aliphatic carbocycles. The van der Waals surface area contributed by atoms with Gasteiger partial charge in [0.05, 0.1) is 34.1 Å². The minimum atomic E-state index is -1.61. The van der Waals surface area contributed by atoms with E-state index in [4.69, 9.17) is 18.9 Å². The topological polar surface area (TPSA) is 136 Å². The van der Waals surface area contributed by atoms with Gasteiger partial charge in [0.25, 0.3) is 0 Å². The van der Waals surface area contributed by atoms with Gasteiger partial charge in [0.1, 0.15) is 12.3 Å². The summed E-state index contributed by atoms with van der Waals surface area (Å²) in [5.74, 6) is -3.15. The first-order valence-corrected chi connectivity index (χ1v) is 15.9. The Morgan fingerprint density at radius 2 is 0.922 bits per heavy atom. The Morgan fingerprint density at radius 3 is 1.41 bits per heavy atom. The molecule has 0 fully saturated rings. The van der Waals surface area contributed by atoms with Crippen molar-refractivity contribution in [3.8, 4) is 5.69 Å². The maximum absolute atomic E-state index is 13.7. The summed E-state index contributed by atoms with van der Waals surface area (Å²) in [4.78, 5) is 55.5. The first-order valence-electron chi connectivity index (χ1n) is 15.9. The second-order valence-electron chi connectivity index (χ2n) is 11.1. The molecule has 0 N–H and O–H groups in total. The molecule has 51 heavy (non-hydrogen) atoms. The van der Waals surface area contributed by atoms with Gasteiger partial charge in [-0.3, -0.25) is 0 Å². The molecule has 254 valence electrons. The molecular weight excluding hydrogens is 650 g/mol. The van der Waals surface area contributed by atoms with Gasteiger partial charge in [-0.25, -0.2) is 19.2 Å². The molecular formula is C40H31N3O8. The zero-order valence-corrected chi connectivity index (χ0v) is 27.1. The number of benzene rings is 5. The standard InChI is InChI=1S/C40H31N3O8/c44-37(28-16-6-1-7-17-28)48-27-34(49-38(45)29-18-8-2-9-19-29)36(51-40(47)31-22-12-4-13-23-31)35(50-39(46)30-20-10-3-11-21-30)33-26-41-43(42-33)32-24-14-5-15-25-32/h1-26,34-36H,27H2/t34-,35+,36-/m0/s1. The molecule has 1 heterocycles. The van der Waals surface area contributed by atoms with Crippen LogP contribution >= 0.6 is 0 Å². The molecule has 11 heteroatoms. The molecule has 11 nitrogen and oxygen atoms in total. The summed E-state index contributed by atoms with van der Waals surface area (Å²) in [7, 11) is 0.